The number of sulfonamides is 1. The van der Waals surface area contributed by atoms with Gasteiger partial charge in [-0.2, -0.15) is 0 Å². The van der Waals surface area contributed by atoms with Crippen molar-refractivity contribution in [2.24, 2.45) is 4.99 Å². The number of nitrogens with zero attached hydrogens (tertiary/aromatic N) is 1. The Morgan fingerprint density at radius 1 is 1.36 bits per heavy atom. The predicted molar refractivity (Wildman–Crippen MR) is 94.9 cm³/mol. The van der Waals surface area contributed by atoms with Gasteiger partial charge in [0.2, 0.25) is 10.0 Å². The highest BCUT2D eigenvalue weighted by Gasteiger charge is 2.17. The van der Waals surface area contributed by atoms with Gasteiger partial charge in [0, 0.05) is 26.2 Å². The van der Waals surface area contributed by atoms with Crippen molar-refractivity contribution in [1.29, 1.82) is 0 Å². The van der Waals surface area contributed by atoms with Crippen LogP contribution in [0.15, 0.2) is 28.1 Å². The van der Waals surface area contributed by atoms with Gasteiger partial charge < -0.3 is 10.6 Å². The van der Waals surface area contributed by atoms with Gasteiger partial charge >= 0.3 is 0 Å². The van der Waals surface area contributed by atoms with Crippen LogP contribution >= 0.6 is 35.6 Å². The number of aliphatic imine (C=N–C) groups is 1. The Kier molecular flexibility index (Phi) is 7.80. The van der Waals surface area contributed by atoms with Crippen LogP contribution in [-0.4, -0.2) is 40.6 Å². The fraction of sp³-hybridized carbons (Fsp3) is 0.417. The molecule has 0 unspecified atom stereocenters. The zero-order valence-electron chi connectivity index (χ0n) is 11.6. The predicted octanol–water partition coefficient (Wildman–Crippen LogP) is 1.31. The van der Waals surface area contributed by atoms with Crippen LogP contribution in [0.25, 0.3) is 0 Å². The van der Waals surface area contributed by atoms with Crippen LogP contribution in [0.5, 0.6) is 0 Å². The number of halogens is 3. The van der Waals surface area contributed by atoms with E-state index in [4.69, 9.17) is 11.6 Å². The van der Waals surface area contributed by atoms with Crippen LogP contribution in [0.2, 0.25) is 5.02 Å². The molecule has 0 radical (unpaired) electrons. The Morgan fingerprint density at radius 2 is 2.14 bits per heavy atom. The van der Waals surface area contributed by atoms with E-state index in [9.17, 15) is 12.8 Å². The highest BCUT2D eigenvalue weighted by molar-refractivity contribution is 14.0. The van der Waals surface area contributed by atoms with Crippen LogP contribution < -0.4 is 15.4 Å². The normalized spacial score (nSPS) is 14.5. The molecule has 1 aromatic carbocycles. The average molecular weight is 463 g/mol. The molecule has 0 saturated heterocycles. The van der Waals surface area contributed by atoms with Crippen LogP contribution in [0.4, 0.5) is 4.39 Å². The van der Waals surface area contributed by atoms with Crippen molar-refractivity contribution in [2.45, 2.75) is 11.3 Å². The maximum atomic E-state index is 12.9. The van der Waals surface area contributed by atoms with E-state index >= 15 is 0 Å². The zero-order chi connectivity index (χ0) is 15.3. The number of guanidine groups is 1. The summed E-state index contributed by atoms with van der Waals surface area (Å²) < 4.78 is 39.4. The molecule has 1 heterocycles. The van der Waals surface area contributed by atoms with E-state index in [1.54, 1.807) is 0 Å². The molecule has 6 nitrogen and oxygen atoms in total. The molecule has 3 N–H and O–H groups in total. The first-order valence-corrected chi connectivity index (χ1v) is 8.32. The van der Waals surface area contributed by atoms with Gasteiger partial charge in [-0.3, -0.25) is 4.99 Å². The van der Waals surface area contributed by atoms with E-state index < -0.39 is 15.8 Å². The summed E-state index contributed by atoms with van der Waals surface area (Å²) in [5.74, 6) is 0.0854. The van der Waals surface area contributed by atoms with Gasteiger partial charge in [-0.05, 0) is 24.6 Å². The Hall–Kier alpha value is -0.650. The maximum Gasteiger partial charge on any atom is 0.242 e. The molecule has 0 amide bonds. The van der Waals surface area contributed by atoms with E-state index in [1.165, 1.54) is 0 Å². The SMILES string of the molecule is I.O=S(=O)(NCCNC1=NCCCN1)c1ccc(F)cc1Cl. The molecule has 124 valence electrons. The van der Waals surface area contributed by atoms with Crippen molar-refractivity contribution in [3.63, 3.8) is 0 Å². The fourth-order valence-electron chi connectivity index (χ4n) is 1.79. The number of benzene rings is 1. The fourth-order valence-corrected chi connectivity index (χ4v) is 3.35. The summed E-state index contributed by atoms with van der Waals surface area (Å²) in [7, 11) is -3.76. The molecule has 22 heavy (non-hydrogen) atoms. The number of hydrogen-bond acceptors (Lipinski definition) is 5. The lowest BCUT2D eigenvalue weighted by Gasteiger charge is -2.16. The first kappa shape index (κ1) is 19.4. The minimum Gasteiger partial charge on any atom is -0.356 e. The molecule has 1 aliphatic rings. The first-order chi connectivity index (χ1) is 9.99. The summed E-state index contributed by atoms with van der Waals surface area (Å²) in [6.07, 6.45) is 0.987. The van der Waals surface area contributed by atoms with Crippen LogP contribution in [-0.2, 0) is 10.0 Å². The van der Waals surface area contributed by atoms with Crippen molar-refractivity contribution in [3.8, 4) is 0 Å². The number of nitrogens with one attached hydrogen (secondary N) is 3. The van der Waals surface area contributed by atoms with Crippen molar-refractivity contribution < 1.29 is 12.8 Å². The Labute approximate surface area is 151 Å². The van der Waals surface area contributed by atoms with Gasteiger partial charge in [0.25, 0.3) is 0 Å². The van der Waals surface area contributed by atoms with Gasteiger partial charge in [-0.1, -0.05) is 11.6 Å². The third kappa shape index (κ3) is 5.52. The van der Waals surface area contributed by atoms with E-state index in [-0.39, 0.29) is 40.4 Å². The third-order valence-corrected chi connectivity index (χ3v) is 4.73. The first-order valence-electron chi connectivity index (χ1n) is 6.46. The van der Waals surface area contributed by atoms with Gasteiger partial charge in [-0.25, -0.2) is 17.5 Å². The molecule has 10 heteroatoms. The third-order valence-electron chi connectivity index (χ3n) is 2.79. The zero-order valence-corrected chi connectivity index (χ0v) is 15.5. The topological polar surface area (TPSA) is 82.6 Å². The average Bonchev–Trinajstić information content (AvgIpc) is 2.44. The monoisotopic (exact) mass is 462 g/mol. The molecule has 0 fully saturated rings. The molecule has 1 aliphatic heterocycles. The standard InChI is InChI=1S/C12H16ClFN4O2S.HI/c13-10-8-9(14)2-3-11(10)21(19,20)18-7-6-17-12-15-4-1-5-16-12;/h2-3,8,18H,1,4-7H2,(H2,15,16,17);1H. The van der Waals surface area contributed by atoms with Crippen molar-refractivity contribution >= 4 is 51.6 Å². The second kappa shape index (κ2) is 8.85. The van der Waals surface area contributed by atoms with Crippen LogP contribution in [0.3, 0.4) is 0 Å². The highest BCUT2D eigenvalue weighted by atomic mass is 127. The molecule has 0 bridgehead atoms. The van der Waals surface area contributed by atoms with Crippen molar-refractivity contribution in [2.75, 3.05) is 26.2 Å². The second-order valence-electron chi connectivity index (χ2n) is 4.41. The Balaban J connectivity index is 0.00000242. The lowest BCUT2D eigenvalue weighted by atomic mass is 10.3. The summed E-state index contributed by atoms with van der Waals surface area (Å²) in [5.41, 5.74) is 0. The molecule has 0 atom stereocenters. The Bertz CT molecular complexity index is 642. The summed E-state index contributed by atoms with van der Waals surface area (Å²) in [4.78, 5) is 4.06. The van der Waals surface area contributed by atoms with Crippen molar-refractivity contribution in [1.82, 2.24) is 15.4 Å². The maximum absolute atomic E-state index is 12.9. The largest absolute Gasteiger partial charge is 0.356 e. The summed E-state index contributed by atoms with van der Waals surface area (Å²) >= 11 is 5.74. The molecule has 2 rings (SSSR count). The van der Waals surface area contributed by atoms with Crippen molar-refractivity contribution in [3.05, 3.63) is 29.0 Å². The molecular formula is C12H17ClFIN4O2S. The molecule has 1 aromatic rings. The minimum atomic E-state index is -3.76. The summed E-state index contributed by atoms with van der Waals surface area (Å²) in [5, 5.41) is 5.91. The quantitative estimate of drug-likeness (QED) is 0.455. The van der Waals surface area contributed by atoms with E-state index in [2.05, 4.69) is 20.3 Å². The summed E-state index contributed by atoms with van der Waals surface area (Å²) in [6.45, 7) is 2.15. The highest BCUT2D eigenvalue weighted by Crippen LogP contribution is 2.21. The molecule has 0 saturated carbocycles. The van der Waals surface area contributed by atoms with Gasteiger partial charge in [-0.15, -0.1) is 24.0 Å². The van der Waals surface area contributed by atoms with E-state index in [0.717, 1.165) is 37.7 Å². The van der Waals surface area contributed by atoms with E-state index in [0.29, 0.717) is 12.5 Å². The molecule has 0 aromatic heterocycles. The van der Waals surface area contributed by atoms with E-state index in [1.807, 2.05) is 0 Å². The van der Waals surface area contributed by atoms with Gasteiger partial charge in [0.15, 0.2) is 5.96 Å². The molecular weight excluding hydrogens is 446 g/mol. The number of rotatable bonds is 5. The Morgan fingerprint density at radius 3 is 2.77 bits per heavy atom. The lowest BCUT2D eigenvalue weighted by Crippen LogP contribution is -2.43. The smallest absolute Gasteiger partial charge is 0.242 e. The lowest BCUT2D eigenvalue weighted by molar-refractivity contribution is 0.579. The molecule has 0 aliphatic carbocycles. The van der Waals surface area contributed by atoms with Crippen LogP contribution in [0.1, 0.15) is 6.42 Å². The van der Waals surface area contributed by atoms with Gasteiger partial charge in [0.1, 0.15) is 10.7 Å². The minimum absolute atomic E-state index is 0. The molecule has 0 spiro atoms. The van der Waals surface area contributed by atoms with Crippen LogP contribution in [0, 0.1) is 5.82 Å². The van der Waals surface area contributed by atoms with Gasteiger partial charge in [0.05, 0.1) is 5.02 Å². The number of hydrogen-bond donors (Lipinski definition) is 3. The summed E-state index contributed by atoms with van der Waals surface area (Å²) in [6, 6.07) is 3.16. The second-order valence-corrected chi connectivity index (χ2v) is 6.55.